The largest absolute Gasteiger partial charge is 0.497 e. The van der Waals surface area contributed by atoms with Gasteiger partial charge in [0.05, 0.1) is 7.11 Å². The van der Waals surface area contributed by atoms with Crippen molar-refractivity contribution in [1.29, 1.82) is 0 Å². The van der Waals surface area contributed by atoms with Crippen molar-refractivity contribution in [2.24, 2.45) is 0 Å². The predicted octanol–water partition coefficient (Wildman–Crippen LogP) is 5.30. The fourth-order valence-electron chi connectivity index (χ4n) is 4.45. The zero-order valence-corrected chi connectivity index (χ0v) is 18.3. The molecule has 4 heteroatoms. The second-order valence-corrected chi connectivity index (χ2v) is 8.63. The first-order valence-corrected chi connectivity index (χ1v) is 10.6. The first-order chi connectivity index (χ1) is 14.4. The number of rotatable bonds is 4. The molecular weight excluding hydrogens is 372 g/mol. The van der Waals surface area contributed by atoms with E-state index in [4.69, 9.17) is 4.74 Å². The number of likely N-dealkylation sites (tertiary alicyclic amines) is 1. The van der Waals surface area contributed by atoms with E-state index in [2.05, 4.69) is 48.9 Å². The molecule has 0 unspecified atom stereocenters. The SMILES string of the molecule is COc1ccc(-n2cccc2C2(C)CCN(C(=O)c3ccc(C)cc3)CC2)c(C)c1. The highest BCUT2D eigenvalue weighted by Gasteiger charge is 2.35. The van der Waals surface area contributed by atoms with Crippen molar-refractivity contribution >= 4 is 5.91 Å². The number of aryl methyl sites for hydroxylation is 2. The first-order valence-electron chi connectivity index (χ1n) is 10.6. The maximum absolute atomic E-state index is 12.9. The molecule has 0 aliphatic carbocycles. The standard InChI is InChI=1S/C26H30N2O2/c1-19-7-9-21(10-8-19)25(29)27-16-13-26(3,14-17-27)24-6-5-15-28(24)23-12-11-22(30-4)18-20(23)2/h5-12,15,18H,13-14,16-17H2,1-4H3. The van der Waals surface area contributed by atoms with Gasteiger partial charge in [0.1, 0.15) is 5.75 Å². The Morgan fingerprint density at radius 1 is 1.00 bits per heavy atom. The summed E-state index contributed by atoms with van der Waals surface area (Å²) in [5, 5.41) is 0. The number of aromatic nitrogens is 1. The molecule has 30 heavy (non-hydrogen) atoms. The van der Waals surface area contributed by atoms with E-state index >= 15 is 0 Å². The Morgan fingerprint density at radius 3 is 2.33 bits per heavy atom. The van der Waals surface area contributed by atoms with E-state index in [-0.39, 0.29) is 11.3 Å². The van der Waals surface area contributed by atoms with Gasteiger partial charge in [0.2, 0.25) is 0 Å². The van der Waals surface area contributed by atoms with Crippen LogP contribution in [-0.4, -0.2) is 35.6 Å². The minimum atomic E-state index is 0.0277. The van der Waals surface area contributed by atoms with Crippen molar-refractivity contribution in [2.45, 2.75) is 39.0 Å². The lowest BCUT2D eigenvalue weighted by Crippen LogP contribution is -2.44. The van der Waals surface area contributed by atoms with E-state index < -0.39 is 0 Å². The molecule has 0 radical (unpaired) electrons. The molecule has 0 saturated carbocycles. The van der Waals surface area contributed by atoms with Crippen LogP contribution >= 0.6 is 0 Å². The van der Waals surface area contributed by atoms with Crippen LogP contribution in [0.4, 0.5) is 0 Å². The molecule has 1 fully saturated rings. The summed E-state index contributed by atoms with van der Waals surface area (Å²) in [7, 11) is 1.70. The molecule has 4 rings (SSSR count). The Kier molecular flexibility index (Phi) is 5.42. The van der Waals surface area contributed by atoms with Gasteiger partial charge in [-0.15, -0.1) is 0 Å². The van der Waals surface area contributed by atoms with Crippen molar-refractivity contribution < 1.29 is 9.53 Å². The van der Waals surface area contributed by atoms with Crippen molar-refractivity contribution in [3.05, 3.63) is 83.2 Å². The van der Waals surface area contributed by atoms with Gasteiger partial charge in [-0.05, 0) is 74.7 Å². The molecular formula is C26H30N2O2. The molecule has 3 aromatic rings. The van der Waals surface area contributed by atoms with Crippen molar-refractivity contribution in [2.75, 3.05) is 20.2 Å². The van der Waals surface area contributed by atoms with Gasteiger partial charge in [0.15, 0.2) is 0 Å². The number of hydrogen-bond donors (Lipinski definition) is 0. The zero-order valence-electron chi connectivity index (χ0n) is 18.3. The number of nitrogens with zero attached hydrogens (tertiary/aromatic N) is 2. The van der Waals surface area contributed by atoms with E-state index in [0.717, 1.165) is 37.2 Å². The van der Waals surface area contributed by atoms with Crippen LogP contribution in [0.15, 0.2) is 60.8 Å². The third-order valence-electron chi connectivity index (χ3n) is 6.48. The summed E-state index contributed by atoms with van der Waals surface area (Å²) in [5.41, 5.74) is 5.64. The lowest BCUT2D eigenvalue weighted by Gasteiger charge is -2.40. The Hall–Kier alpha value is -3.01. The fourth-order valence-corrected chi connectivity index (χ4v) is 4.45. The molecule has 1 aromatic heterocycles. The van der Waals surface area contributed by atoms with Gasteiger partial charge in [0, 0.05) is 41.6 Å². The number of carbonyl (C=O) groups is 1. The number of methoxy groups -OCH3 is 1. The highest BCUT2D eigenvalue weighted by atomic mass is 16.5. The highest BCUT2D eigenvalue weighted by Crippen LogP contribution is 2.37. The summed E-state index contributed by atoms with van der Waals surface area (Å²) < 4.78 is 7.66. The van der Waals surface area contributed by atoms with E-state index in [1.165, 1.54) is 22.5 Å². The van der Waals surface area contributed by atoms with E-state index in [0.29, 0.717) is 0 Å². The van der Waals surface area contributed by atoms with Gasteiger partial charge in [-0.1, -0.05) is 24.6 Å². The number of hydrogen-bond acceptors (Lipinski definition) is 2. The number of piperidine rings is 1. The van der Waals surface area contributed by atoms with Crippen LogP contribution in [-0.2, 0) is 5.41 Å². The second kappa shape index (κ2) is 8.02. The van der Waals surface area contributed by atoms with Gasteiger partial charge in [-0.2, -0.15) is 0 Å². The van der Waals surface area contributed by atoms with E-state index in [1.54, 1.807) is 7.11 Å². The summed E-state index contributed by atoms with van der Waals surface area (Å²) >= 11 is 0. The second-order valence-electron chi connectivity index (χ2n) is 8.63. The molecule has 2 heterocycles. The van der Waals surface area contributed by atoms with E-state index in [1.807, 2.05) is 42.2 Å². The topological polar surface area (TPSA) is 34.5 Å². The molecule has 4 nitrogen and oxygen atoms in total. The quantitative estimate of drug-likeness (QED) is 0.594. The zero-order chi connectivity index (χ0) is 21.3. The maximum atomic E-state index is 12.9. The van der Waals surface area contributed by atoms with Crippen LogP contribution in [0.3, 0.4) is 0 Å². The Labute approximate surface area is 179 Å². The van der Waals surface area contributed by atoms with Crippen LogP contribution < -0.4 is 4.74 Å². The summed E-state index contributed by atoms with van der Waals surface area (Å²) in [6.07, 6.45) is 4.03. The van der Waals surface area contributed by atoms with Gasteiger partial charge in [-0.25, -0.2) is 0 Å². The smallest absolute Gasteiger partial charge is 0.253 e. The molecule has 1 aliphatic rings. The molecule has 0 spiro atoms. The molecule has 1 aliphatic heterocycles. The van der Waals surface area contributed by atoms with E-state index in [9.17, 15) is 4.79 Å². The van der Waals surface area contributed by atoms with Gasteiger partial charge < -0.3 is 14.2 Å². The minimum absolute atomic E-state index is 0.0277. The normalized spacial score (nSPS) is 15.8. The fraction of sp³-hybridized carbons (Fsp3) is 0.346. The van der Waals surface area contributed by atoms with Crippen molar-refractivity contribution in [3.8, 4) is 11.4 Å². The summed E-state index contributed by atoms with van der Waals surface area (Å²) in [4.78, 5) is 14.9. The molecule has 0 atom stereocenters. The third kappa shape index (κ3) is 3.74. The van der Waals surface area contributed by atoms with Crippen LogP contribution in [0.2, 0.25) is 0 Å². The summed E-state index contributed by atoms with van der Waals surface area (Å²) in [6, 6.07) is 18.4. The number of carbonyl (C=O) groups excluding carboxylic acids is 1. The highest BCUT2D eigenvalue weighted by molar-refractivity contribution is 5.94. The monoisotopic (exact) mass is 402 g/mol. The lowest BCUT2D eigenvalue weighted by atomic mass is 9.77. The first kappa shape index (κ1) is 20.3. The van der Waals surface area contributed by atoms with Gasteiger partial charge in [-0.3, -0.25) is 4.79 Å². The average Bonchev–Trinajstić information content (AvgIpc) is 3.25. The van der Waals surface area contributed by atoms with Crippen LogP contribution in [0.5, 0.6) is 5.75 Å². The van der Waals surface area contributed by atoms with Gasteiger partial charge in [0.25, 0.3) is 5.91 Å². The summed E-state index contributed by atoms with van der Waals surface area (Å²) in [5.74, 6) is 1.01. The number of ether oxygens (including phenoxy) is 1. The Bertz CT molecular complexity index is 1040. The van der Waals surface area contributed by atoms with Crippen molar-refractivity contribution in [3.63, 3.8) is 0 Å². The average molecular weight is 403 g/mol. The maximum Gasteiger partial charge on any atom is 0.253 e. The van der Waals surface area contributed by atoms with Crippen LogP contribution in [0.25, 0.3) is 5.69 Å². The Morgan fingerprint density at radius 2 is 1.70 bits per heavy atom. The van der Waals surface area contributed by atoms with Crippen molar-refractivity contribution in [1.82, 2.24) is 9.47 Å². The molecule has 1 amide bonds. The molecule has 0 N–H and O–H groups in total. The third-order valence-corrected chi connectivity index (χ3v) is 6.48. The minimum Gasteiger partial charge on any atom is -0.497 e. The predicted molar refractivity (Wildman–Crippen MR) is 121 cm³/mol. The van der Waals surface area contributed by atoms with Crippen LogP contribution in [0, 0.1) is 13.8 Å². The van der Waals surface area contributed by atoms with Gasteiger partial charge >= 0.3 is 0 Å². The Balaban J connectivity index is 1.54. The molecule has 156 valence electrons. The number of benzene rings is 2. The summed E-state index contributed by atoms with van der Waals surface area (Å²) in [6.45, 7) is 8.03. The molecule has 0 bridgehead atoms. The lowest BCUT2D eigenvalue weighted by molar-refractivity contribution is 0.0673. The van der Waals surface area contributed by atoms with Crippen LogP contribution in [0.1, 0.15) is 46.9 Å². The molecule has 1 saturated heterocycles. The number of amides is 1. The molecule has 2 aromatic carbocycles.